The zero-order valence-electron chi connectivity index (χ0n) is 11.5. The Hall–Kier alpha value is -0.870. The number of ether oxygens (including phenoxy) is 1. The largest absolute Gasteiger partial charge is 0.491 e. The monoisotopic (exact) mass is 325 g/mol. The van der Waals surface area contributed by atoms with Crippen molar-refractivity contribution in [3.05, 3.63) is 28.2 Å². The van der Waals surface area contributed by atoms with E-state index in [0.717, 1.165) is 11.0 Å². The molecule has 104 valence electrons. The molecule has 0 aromatic heterocycles. The zero-order valence-corrected chi connectivity index (χ0v) is 13.1. The second-order valence-corrected chi connectivity index (χ2v) is 6.05. The van der Waals surface area contributed by atoms with Gasteiger partial charge >= 0.3 is 0 Å². The number of carbonyl (C=O) groups excluding carboxylic acids is 1. The Morgan fingerprint density at radius 2 is 2.26 bits per heavy atom. The smallest absolute Gasteiger partial charge is 0.163 e. The van der Waals surface area contributed by atoms with E-state index >= 15 is 0 Å². The highest BCUT2D eigenvalue weighted by Gasteiger charge is 2.20. The van der Waals surface area contributed by atoms with Gasteiger partial charge in [-0.1, -0.05) is 22.4 Å². The van der Waals surface area contributed by atoms with Crippen LogP contribution in [0.1, 0.15) is 36.5 Å². The number of piperidine rings is 1. The lowest BCUT2D eigenvalue weighted by Crippen LogP contribution is -2.40. The van der Waals surface area contributed by atoms with Crippen molar-refractivity contribution >= 4 is 21.7 Å². The molecule has 1 saturated heterocycles. The van der Waals surface area contributed by atoms with Gasteiger partial charge in [0, 0.05) is 10.5 Å². The molecule has 1 fully saturated rings. The number of benzene rings is 1. The first-order valence-electron chi connectivity index (χ1n) is 6.71. The van der Waals surface area contributed by atoms with E-state index in [2.05, 4.69) is 27.9 Å². The van der Waals surface area contributed by atoms with Crippen molar-refractivity contribution in [2.24, 2.45) is 0 Å². The van der Waals surface area contributed by atoms with Gasteiger partial charge < -0.3 is 9.64 Å². The summed E-state index contributed by atoms with van der Waals surface area (Å²) in [7, 11) is 2.14. The third-order valence-corrected chi connectivity index (χ3v) is 4.17. The number of likely N-dealkylation sites (tertiary alicyclic amines) is 1. The molecule has 0 aliphatic carbocycles. The summed E-state index contributed by atoms with van der Waals surface area (Å²) >= 11 is 3.42. The first-order chi connectivity index (χ1) is 9.08. The van der Waals surface area contributed by atoms with Gasteiger partial charge in [0.25, 0.3) is 0 Å². The van der Waals surface area contributed by atoms with Crippen molar-refractivity contribution in [2.45, 2.75) is 32.2 Å². The van der Waals surface area contributed by atoms with Crippen LogP contribution in [0, 0.1) is 0 Å². The first kappa shape index (κ1) is 14.5. The van der Waals surface area contributed by atoms with E-state index in [4.69, 9.17) is 4.74 Å². The molecule has 0 spiro atoms. The molecule has 1 aliphatic heterocycles. The molecule has 19 heavy (non-hydrogen) atoms. The Labute approximate surface area is 123 Å². The van der Waals surface area contributed by atoms with Gasteiger partial charge in [-0.3, -0.25) is 4.79 Å². The summed E-state index contributed by atoms with van der Waals surface area (Å²) in [4.78, 5) is 13.9. The number of carbonyl (C=O) groups is 1. The molecule has 2 rings (SSSR count). The number of likely N-dealkylation sites (N-methyl/N-ethyl adjacent to an activating group) is 1. The Bertz CT molecular complexity index is 461. The van der Waals surface area contributed by atoms with Crippen LogP contribution in [0.4, 0.5) is 0 Å². The number of ketones is 1. The summed E-state index contributed by atoms with van der Waals surface area (Å²) in [5, 5.41) is 0. The van der Waals surface area contributed by atoms with Crippen molar-refractivity contribution in [1.29, 1.82) is 0 Å². The van der Waals surface area contributed by atoms with Crippen LogP contribution in [0.2, 0.25) is 0 Å². The van der Waals surface area contributed by atoms with Crippen LogP contribution in [0.25, 0.3) is 0 Å². The minimum absolute atomic E-state index is 0.0412. The highest BCUT2D eigenvalue weighted by Crippen LogP contribution is 2.25. The lowest BCUT2D eigenvalue weighted by atomic mass is 10.0. The molecular weight excluding hydrogens is 306 g/mol. The van der Waals surface area contributed by atoms with E-state index in [9.17, 15) is 4.79 Å². The molecule has 0 radical (unpaired) electrons. The molecule has 0 N–H and O–H groups in total. The SMILES string of the molecule is CC(=O)c1ccc(Br)cc1OCC1CCCCN1C. The van der Waals surface area contributed by atoms with Gasteiger partial charge in [0.2, 0.25) is 0 Å². The maximum atomic E-state index is 11.6. The number of Topliss-reactive ketones (excluding diaryl/α,β-unsaturated/α-hetero) is 1. The Kier molecular flexibility index (Phi) is 4.99. The number of hydrogen-bond donors (Lipinski definition) is 0. The highest BCUT2D eigenvalue weighted by atomic mass is 79.9. The van der Waals surface area contributed by atoms with Crippen LogP contribution in [0.15, 0.2) is 22.7 Å². The maximum Gasteiger partial charge on any atom is 0.163 e. The van der Waals surface area contributed by atoms with Crippen molar-refractivity contribution in [3.8, 4) is 5.75 Å². The van der Waals surface area contributed by atoms with Crippen LogP contribution < -0.4 is 4.74 Å². The molecule has 0 saturated carbocycles. The van der Waals surface area contributed by atoms with Gasteiger partial charge in [0.1, 0.15) is 12.4 Å². The predicted octanol–water partition coefficient (Wildman–Crippen LogP) is 3.51. The summed E-state index contributed by atoms with van der Waals surface area (Å²) in [6.45, 7) is 3.35. The van der Waals surface area contributed by atoms with Crippen LogP contribution >= 0.6 is 15.9 Å². The third kappa shape index (κ3) is 3.80. The fourth-order valence-electron chi connectivity index (χ4n) is 2.45. The summed E-state index contributed by atoms with van der Waals surface area (Å²) in [6, 6.07) is 6.01. The van der Waals surface area contributed by atoms with Gasteiger partial charge in [0.05, 0.1) is 5.56 Å². The Balaban J connectivity index is 2.05. The topological polar surface area (TPSA) is 29.5 Å². The molecule has 1 atom stereocenters. The van der Waals surface area contributed by atoms with Gasteiger partial charge in [-0.25, -0.2) is 0 Å². The molecular formula is C15H20BrNO2. The molecule has 1 aliphatic rings. The van der Waals surface area contributed by atoms with E-state index < -0.39 is 0 Å². The van der Waals surface area contributed by atoms with Gasteiger partial charge in [-0.05, 0) is 51.6 Å². The standard InChI is InChI=1S/C15H20BrNO2/c1-11(18)14-7-6-12(16)9-15(14)19-10-13-5-3-4-8-17(13)2/h6-7,9,13H,3-5,8,10H2,1-2H3. The molecule has 1 aromatic carbocycles. The van der Waals surface area contributed by atoms with Gasteiger partial charge in [-0.15, -0.1) is 0 Å². The van der Waals surface area contributed by atoms with Crippen LogP contribution in [-0.2, 0) is 0 Å². The third-order valence-electron chi connectivity index (χ3n) is 3.68. The first-order valence-corrected chi connectivity index (χ1v) is 7.51. The van der Waals surface area contributed by atoms with E-state index in [-0.39, 0.29) is 5.78 Å². The zero-order chi connectivity index (χ0) is 13.8. The van der Waals surface area contributed by atoms with Gasteiger partial charge in [-0.2, -0.15) is 0 Å². The van der Waals surface area contributed by atoms with E-state index in [1.807, 2.05) is 18.2 Å². The fourth-order valence-corrected chi connectivity index (χ4v) is 2.79. The fraction of sp³-hybridized carbons (Fsp3) is 0.533. The van der Waals surface area contributed by atoms with Crippen molar-refractivity contribution in [3.63, 3.8) is 0 Å². The van der Waals surface area contributed by atoms with Gasteiger partial charge in [0.15, 0.2) is 5.78 Å². The lowest BCUT2D eigenvalue weighted by Gasteiger charge is -2.32. The Morgan fingerprint density at radius 3 is 2.95 bits per heavy atom. The lowest BCUT2D eigenvalue weighted by molar-refractivity contribution is 0.1000. The van der Waals surface area contributed by atoms with Crippen LogP contribution in [0.3, 0.4) is 0 Å². The number of halogens is 1. The molecule has 1 unspecified atom stereocenters. The summed E-state index contributed by atoms with van der Waals surface area (Å²) < 4.78 is 6.83. The summed E-state index contributed by atoms with van der Waals surface area (Å²) in [5.74, 6) is 0.723. The maximum absolute atomic E-state index is 11.6. The summed E-state index contributed by atoms with van der Waals surface area (Å²) in [5.41, 5.74) is 0.654. The van der Waals surface area contributed by atoms with E-state index in [1.165, 1.54) is 19.3 Å². The minimum Gasteiger partial charge on any atom is -0.491 e. The molecule has 1 heterocycles. The molecule has 4 heteroatoms. The highest BCUT2D eigenvalue weighted by molar-refractivity contribution is 9.10. The number of nitrogens with zero attached hydrogens (tertiary/aromatic N) is 1. The Morgan fingerprint density at radius 1 is 1.47 bits per heavy atom. The number of hydrogen-bond acceptors (Lipinski definition) is 3. The van der Waals surface area contributed by atoms with Crippen LogP contribution in [0.5, 0.6) is 5.75 Å². The predicted molar refractivity (Wildman–Crippen MR) is 79.9 cm³/mol. The van der Waals surface area contributed by atoms with E-state index in [0.29, 0.717) is 24.0 Å². The molecule has 3 nitrogen and oxygen atoms in total. The second kappa shape index (κ2) is 6.53. The second-order valence-electron chi connectivity index (χ2n) is 5.14. The van der Waals surface area contributed by atoms with Crippen molar-refractivity contribution in [1.82, 2.24) is 4.90 Å². The van der Waals surface area contributed by atoms with Crippen molar-refractivity contribution < 1.29 is 9.53 Å². The molecule has 1 aromatic rings. The average Bonchev–Trinajstić information content (AvgIpc) is 2.37. The average molecular weight is 326 g/mol. The molecule has 0 bridgehead atoms. The molecule has 0 amide bonds. The minimum atomic E-state index is 0.0412. The normalized spacial score (nSPS) is 20.3. The van der Waals surface area contributed by atoms with Crippen molar-refractivity contribution in [2.75, 3.05) is 20.2 Å². The number of rotatable bonds is 4. The quantitative estimate of drug-likeness (QED) is 0.793. The van der Waals surface area contributed by atoms with E-state index in [1.54, 1.807) is 6.92 Å². The van der Waals surface area contributed by atoms with Crippen LogP contribution in [-0.4, -0.2) is 36.9 Å². The summed E-state index contributed by atoms with van der Waals surface area (Å²) in [6.07, 6.45) is 3.69.